The molecule has 1 aromatic rings. The topological polar surface area (TPSA) is 66.8 Å². The van der Waals surface area contributed by atoms with Crippen molar-refractivity contribution in [2.45, 2.75) is 13.0 Å². The molecule has 1 aromatic carbocycles. The summed E-state index contributed by atoms with van der Waals surface area (Å²) in [4.78, 5) is 25.1. The molecule has 1 N–H and O–H groups in total. The van der Waals surface area contributed by atoms with Crippen molar-refractivity contribution in [2.24, 2.45) is 5.92 Å². The molecule has 1 saturated heterocycles. The minimum atomic E-state index is -0.999. The molecule has 0 bridgehead atoms. The number of carbonyl (C=O) groups excluding carboxylic acids is 1. The minimum Gasteiger partial charge on any atom is -0.481 e. The van der Waals surface area contributed by atoms with E-state index in [1.54, 1.807) is 6.92 Å². The van der Waals surface area contributed by atoms with E-state index in [2.05, 4.69) is 0 Å². The predicted molar refractivity (Wildman–Crippen MR) is 73.9 cm³/mol. The molecule has 0 aromatic heterocycles. The van der Waals surface area contributed by atoms with Gasteiger partial charge in [-0.05, 0) is 25.1 Å². The average Bonchev–Trinajstić information content (AvgIpc) is 2.92. The average molecular weight is 316 g/mol. The van der Waals surface area contributed by atoms with Gasteiger partial charge in [0.1, 0.15) is 11.7 Å². The third-order valence-corrected chi connectivity index (χ3v) is 3.83. The fraction of sp³-hybridized carbons (Fsp3) is 0.429. The summed E-state index contributed by atoms with van der Waals surface area (Å²) in [5.74, 6) is -2.75. The quantitative estimate of drug-likeness (QED) is 0.923. The van der Waals surface area contributed by atoms with Gasteiger partial charge in [0.2, 0.25) is 0 Å². The second kappa shape index (κ2) is 6.41. The molecule has 1 aliphatic heterocycles. The molecule has 0 aliphatic carbocycles. The number of hydrogen-bond acceptors (Lipinski definition) is 3. The van der Waals surface area contributed by atoms with Crippen LogP contribution in [0.25, 0.3) is 0 Å². The van der Waals surface area contributed by atoms with Crippen molar-refractivity contribution in [3.05, 3.63) is 34.6 Å². The molecule has 21 heavy (non-hydrogen) atoms. The Morgan fingerprint density at radius 1 is 1.48 bits per heavy atom. The first-order valence-electron chi connectivity index (χ1n) is 6.52. The molecule has 2 atom stereocenters. The Bertz CT molecular complexity index is 566. The molecule has 0 saturated carbocycles. The zero-order chi connectivity index (χ0) is 15.6. The van der Waals surface area contributed by atoms with Crippen molar-refractivity contribution in [1.82, 2.24) is 4.90 Å². The molecule has 0 radical (unpaired) electrons. The number of hydrogen-bond donors (Lipinski definition) is 1. The lowest BCUT2D eigenvalue weighted by atomic mass is 10.0. The van der Waals surface area contributed by atoms with Crippen molar-refractivity contribution >= 4 is 23.5 Å². The maximum atomic E-state index is 13.2. The monoisotopic (exact) mass is 315 g/mol. The number of carboxylic acids is 1. The minimum absolute atomic E-state index is 0.0773. The summed E-state index contributed by atoms with van der Waals surface area (Å²) in [6.45, 7) is 2.32. The Balaban J connectivity index is 2.26. The molecule has 0 spiro atoms. The van der Waals surface area contributed by atoms with Crippen LogP contribution in [-0.4, -0.2) is 47.7 Å². The maximum Gasteiger partial charge on any atom is 0.311 e. The largest absolute Gasteiger partial charge is 0.481 e. The van der Waals surface area contributed by atoms with E-state index in [1.165, 1.54) is 17.0 Å². The lowest BCUT2D eigenvalue weighted by Gasteiger charge is -2.29. The maximum absolute atomic E-state index is 13.2. The number of halogens is 2. The van der Waals surface area contributed by atoms with E-state index < -0.39 is 23.7 Å². The molecule has 5 nitrogen and oxygen atoms in total. The normalized spacial score (nSPS) is 21.3. The van der Waals surface area contributed by atoms with E-state index in [0.717, 1.165) is 6.07 Å². The van der Waals surface area contributed by atoms with Gasteiger partial charge in [0.15, 0.2) is 0 Å². The third-order valence-electron chi connectivity index (χ3n) is 3.54. The summed E-state index contributed by atoms with van der Waals surface area (Å²) in [7, 11) is 0. The fourth-order valence-electron chi connectivity index (χ4n) is 2.41. The third kappa shape index (κ3) is 3.16. The van der Waals surface area contributed by atoms with E-state index in [1.807, 2.05) is 0 Å². The van der Waals surface area contributed by atoms with Gasteiger partial charge in [0.25, 0.3) is 5.91 Å². The number of carbonyl (C=O) groups is 2. The van der Waals surface area contributed by atoms with Crippen LogP contribution < -0.4 is 0 Å². The first-order valence-corrected chi connectivity index (χ1v) is 6.90. The van der Waals surface area contributed by atoms with Gasteiger partial charge in [0, 0.05) is 12.1 Å². The molecule has 1 aliphatic rings. The van der Waals surface area contributed by atoms with Crippen molar-refractivity contribution in [3.8, 4) is 0 Å². The molecule has 114 valence electrons. The van der Waals surface area contributed by atoms with Gasteiger partial charge < -0.3 is 14.7 Å². The first-order chi connectivity index (χ1) is 9.95. The number of benzene rings is 1. The first kappa shape index (κ1) is 15.7. The zero-order valence-electron chi connectivity index (χ0n) is 11.4. The van der Waals surface area contributed by atoms with E-state index in [-0.39, 0.29) is 29.7 Å². The summed E-state index contributed by atoms with van der Waals surface area (Å²) in [6, 6.07) is 3.15. The van der Waals surface area contributed by atoms with Crippen molar-refractivity contribution < 1.29 is 23.8 Å². The van der Waals surface area contributed by atoms with E-state index in [9.17, 15) is 19.1 Å². The summed E-state index contributed by atoms with van der Waals surface area (Å²) in [5, 5.41) is 9.03. The molecule has 2 unspecified atom stereocenters. The highest BCUT2D eigenvalue weighted by Crippen LogP contribution is 2.23. The van der Waals surface area contributed by atoms with Crippen LogP contribution in [0.2, 0.25) is 5.02 Å². The molecular formula is C14H15ClFNO4. The van der Waals surface area contributed by atoms with Crippen LogP contribution in [0.3, 0.4) is 0 Å². The number of carboxylic acid groups (broad SMARTS) is 1. The smallest absolute Gasteiger partial charge is 0.311 e. The van der Waals surface area contributed by atoms with Crippen LogP contribution in [0.1, 0.15) is 17.3 Å². The Morgan fingerprint density at radius 2 is 2.19 bits per heavy atom. The second-order valence-corrected chi connectivity index (χ2v) is 5.18. The van der Waals surface area contributed by atoms with E-state index >= 15 is 0 Å². The zero-order valence-corrected chi connectivity index (χ0v) is 12.1. The van der Waals surface area contributed by atoms with Gasteiger partial charge >= 0.3 is 5.97 Å². The molecule has 2 rings (SSSR count). The lowest BCUT2D eigenvalue weighted by Crippen LogP contribution is -2.46. The van der Waals surface area contributed by atoms with Gasteiger partial charge in [-0.25, -0.2) is 4.39 Å². The van der Waals surface area contributed by atoms with Crippen molar-refractivity contribution in [2.75, 3.05) is 19.8 Å². The highest BCUT2D eigenvalue weighted by molar-refractivity contribution is 6.31. The molecule has 1 heterocycles. The predicted octanol–water partition coefficient (Wildman–Crippen LogP) is 2.04. The number of rotatable bonds is 4. The Kier molecular flexibility index (Phi) is 4.80. The summed E-state index contributed by atoms with van der Waals surface area (Å²) in [6.07, 6.45) is 0. The standard InChI is InChI=1S/C14H15ClFNO4/c1-2-17(12-7-21-6-9(12)14(19)20)13(18)8-3-4-11(16)10(15)5-8/h3-5,9,12H,2,6-7H2,1H3,(H,19,20). The Hall–Kier alpha value is -1.66. The van der Waals surface area contributed by atoms with E-state index in [4.69, 9.17) is 16.3 Å². The molecule has 7 heteroatoms. The van der Waals surface area contributed by atoms with Crippen LogP contribution >= 0.6 is 11.6 Å². The Labute approximate surface area is 126 Å². The van der Waals surface area contributed by atoms with Gasteiger partial charge in [0.05, 0.1) is 24.3 Å². The highest BCUT2D eigenvalue weighted by atomic mass is 35.5. The van der Waals surface area contributed by atoms with Crippen LogP contribution in [-0.2, 0) is 9.53 Å². The number of ether oxygens (including phenoxy) is 1. The van der Waals surface area contributed by atoms with Crippen LogP contribution in [0, 0.1) is 11.7 Å². The van der Waals surface area contributed by atoms with Gasteiger partial charge in [-0.2, -0.15) is 0 Å². The lowest BCUT2D eigenvalue weighted by molar-refractivity contribution is -0.142. The molecular weight excluding hydrogens is 301 g/mol. The van der Waals surface area contributed by atoms with Gasteiger partial charge in [-0.15, -0.1) is 0 Å². The van der Waals surface area contributed by atoms with Crippen molar-refractivity contribution in [3.63, 3.8) is 0 Å². The molecule has 1 amide bonds. The number of likely N-dealkylation sites (N-methyl/N-ethyl adjacent to an activating group) is 1. The van der Waals surface area contributed by atoms with Crippen LogP contribution in [0.15, 0.2) is 18.2 Å². The van der Waals surface area contributed by atoms with E-state index in [0.29, 0.717) is 6.54 Å². The second-order valence-electron chi connectivity index (χ2n) is 4.77. The highest BCUT2D eigenvalue weighted by Gasteiger charge is 2.39. The van der Waals surface area contributed by atoms with Gasteiger partial charge in [-0.1, -0.05) is 11.6 Å². The molecule has 1 fully saturated rings. The summed E-state index contributed by atoms with van der Waals surface area (Å²) >= 11 is 5.68. The van der Waals surface area contributed by atoms with Crippen LogP contribution in [0.5, 0.6) is 0 Å². The summed E-state index contributed by atoms with van der Waals surface area (Å²) < 4.78 is 18.3. The summed E-state index contributed by atoms with van der Waals surface area (Å²) in [5.41, 5.74) is 0.222. The fourth-order valence-corrected chi connectivity index (χ4v) is 2.59. The number of aliphatic carboxylic acids is 1. The Morgan fingerprint density at radius 3 is 2.76 bits per heavy atom. The number of amides is 1. The SMILES string of the molecule is CCN(C(=O)c1ccc(F)c(Cl)c1)C1COCC1C(=O)O. The number of nitrogens with zero attached hydrogens (tertiary/aromatic N) is 1. The van der Waals surface area contributed by atoms with Crippen LogP contribution in [0.4, 0.5) is 4.39 Å². The van der Waals surface area contributed by atoms with Crippen molar-refractivity contribution in [1.29, 1.82) is 0 Å². The van der Waals surface area contributed by atoms with Gasteiger partial charge in [-0.3, -0.25) is 9.59 Å².